The second-order valence-corrected chi connectivity index (χ2v) is 4.92. The van der Waals surface area contributed by atoms with Crippen LogP contribution in [-0.2, 0) is 4.74 Å². The van der Waals surface area contributed by atoms with Crippen LogP contribution in [-0.4, -0.2) is 57.2 Å². The summed E-state index contributed by atoms with van der Waals surface area (Å²) in [5.74, 6) is -0.380. The highest BCUT2D eigenvalue weighted by Gasteiger charge is 2.12. The molecule has 1 rings (SSSR count). The van der Waals surface area contributed by atoms with Gasteiger partial charge in [0.1, 0.15) is 0 Å². The Morgan fingerprint density at radius 3 is 2.71 bits per heavy atom. The number of carbonyl (C=O) groups is 1. The molecule has 0 radical (unpaired) electrons. The monoisotopic (exact) mass is 257 g/mol. The van der Waals surface area contributed by atoms with Crippen molar-refractivity contribution in [1.29, 1.82) is 0 Å². The van der Waals surface area contributed by atoms with Crippen LogP contribution >= 0.6 is 11.3 Å². The van der Waals surface area contributed by atoms with E-state index < -0.39 is 0 Å². The molecule has 0 aliphatic heterocycles. The molecule has 1 aromatic rings. The van der Waals surface area contributed by atoms with E-state index in [9.17, 15) is 4.79 Å². The molecule has 0 saturated carbocycles. The Labute approximate surface area is 106 Å². The Morgan fingerprint density at radius 2 is 2.12 bits per heavy atom. The molecule has 0 unspecified atom stereocenters. The summed E-state index contributed by atoms with van der Waals surface area (Å²) in [6, 6.07) is 0. The molecule has 1 aromatic heterocycles. The molecular formula is C11H19N3O2S. The van der Waals surface area contributed by atoms with E-state index in [0.717, 1.165) is 24.6 Å². The third-order valence-corrected chi connectivity index (χ3v) is 3.27. The summed E-state index contributed by atoms with van der Waals surface area (Å²) in [4.78, 5) is 19.7. The molecule has 96 valence electrons. The third kappa shape index (κ3) is 4.32. The van der Waals surface area contributed by atoms with Gasteiger partial charge in [-0.05, 0) is 27.1 Å². The Hall–Kier alpha value is -1.14. The third-order valence-electron chi connectivity index (χ3n) is 2.31. The van der Waals surface area contributed by atoms with E-state index in [2.05, 4.69) is 33.6 Å². The van der Waals surface area contributed by atoms with Gasteiger partial charge in [-0.1, -0.05) is 0 Å². The van der Waals surface area contributed by atoms with E-state index in [1.807, 2.05) is 7.05 Å². The summed E-state index contributed by atoms with van der Waals surface area (Å²) in [6.45, 7) is 1.96. The van der Waals surface area contributed by atoms with E-state index >= 15 is 0 Å². The van der Waals surface area contributed by atoms with Crippen LogP contribution in [0.1, 0.15) is 16.9 Å². The molecule has 0 aliphatic carbocycles. The minimum atomic E-state index is -0.380. The van der Waals surface area contributed by atoms with Gasteiger partial charge in [0, 0.05) is 19.0 Å². The van der Waals surface area contributed by atoms with Crippen molar-refractivity contribution in [2.75, 3.05) is 46.2 Å². The maximum Gasteiger partial charge on any atom is 0.357 e. The van der Waals surface area contributed by atoms with Crippen molar-refractivity contribution in [2.45, 2.75) is 6.42 Å². The van der Waals surface area contributed by atoms with Crippen LogP contribution in [0, 0.1) is 0 Å². The fraction of sp³-hybridized carbons (Fsp3) is 0.636. The van der Waals surface area contributed by atoms with Gasteiger partial charge < -0.3 is 14.5 Å². The van der Waals surface area contributed by atoms with Crippen molar-refractivity contribution in [3.63, 3.8) is 0 Å². The van der Waals surface area contributed by atoms with E-state index in [0.29, 0.717) is 5.69 Å². The lowest BCUT2D eigenvalue weighted by Gasteiger charge is -2.17. The minimum Gasteiger partial charge on any atom is -0.464 e. The average Bonchev–Trinajstić information content (AvgIpc) is 2.76. The summed E-state index contributed by atoms with van der Waals surface area (Å²) >= 11 is 1.46. The second kappa shape index (κ2) is 6.56. The number of esters is 1. The molecule has 0 bridgehead atoms. The molecule has 0 amide bonds. The van der Waals surface area contributed by atoms with Crippen molar-refractivity contribution in [2.24, 2.45) is 0 Å². The number of thiazole rings is 1. The fourth-order valence-corrected chi connectivity index (χ4v) is 2.15. The topological polar surface area (TPSA) is 45.7 Å². The van der Waals surface area contributed by atoms with Crippen LogP contribution in [0.4, 0.5) is 5.13 Å². The molecule has 6 heteroatoms. The highest BCUT2D eigenvalue weighted by Crippen LogP contribution is 2.19. The Kier molecular flexibility index (Phi) is 5.37. The number of carbonyl (C=O) groups excluding carboxylic acids is 1. The maximum atomic E-state index is 11.2. The molecule has 0 fully saturated rings. The molecule has 5 nitrogen and oxygen atoms in total. The smallest absolute Gasteiger partial charge is 0.357 e. The van der Waals surface area contributed by atoms with Crippen molar-refractivity contribution in [1.82, 2.24) is 9.88 Å². The SMILES string of the molecule is COC(=O)c1csc(N(C)CCCN(C)C)n1. The maximum absolute atomic E-state index is 11.2. The zero-order valence-corrected chi connectivity index (χ0v) is 11.6. The van der Waals surface area contributed by atoms with Crippen LogP contribution in [0.3, 0.4) is 0 Å². The number of nitrogens with zero attached hydrogens (tertiary/aromatic N) is 3. The predicted molar refractivity (Wildman–Crippen MR) is 69.9 cm³/mol. The van der Waals surface area contributed by atoms with Crippen LogP contribution < -0.4 is 4.90 Å². The lowest BCUT2D eigenvalue weighted by Crippen LogP contribution is -2.23. The van der Waals surface area contributed by atoms with Crippen LogP contribution in [0.2, 0.25) is 0 Å². The average molecular weight is 257 g/mol. The lowest BCUT2D eigenvalue weighted by atomic mass is 10.4. The standard InChI is InChI=1S/C11H19N3O2S/c1-13(2)6-5-7-14(3)11-12-9(8-17-11)10(15)16-4/h8H,5-7H2,1-4H3. The van der Waals surface area contributed by atoms with E-state index in [-0.39, 0.29) is 5.97 Å². The van der Waals surface area contributed by atoms with Crippen molar-refractivity contribution >= 4 is 22.4 Å². The zero-order valence-electron chi connectivity index (χ0n) is 10.8. The molecule has 0 aliphatic rings. The fourth-order valence-electron chi connectivity index (χ4n) is 1.36. The normalized spacial score (nSPS) is 10.6. The van der Waals surface area contributed by atoms with Gasteiger partial charge in [-0.3, -0.25) is 0 Å². The number of rotatable bonds is 6. The van der Waals surface area contributed by atoms with E-state index in [4.69, 9.17) is 0 Å². The first-order valence-corrected chi connectivity index (χ1v) is 6.32. The van der Waals surface area contributed by atoms with Gasteiger partial charge in [0.05, 0.1) is 7.11 Å². The zero-order chi connectivity index (χ0) is 12.8. The predicted octanol–water partition coefficient (Wildman–Crippen LogP) is 1.32. The van der Waals surface area contributed by atoms with Crippen molar-refractivity contribution < 1.29 is 9.53 Å². The number of aromatic nitrogens is 1. The van der Waals surface area contributed by atoms with Crippen molar-refractivity contribution in [3.8, 4) is 0 Å². The summed E-state index contributed by atoms with van der Waals surface area (Å²) in [6.07, 6.45) is 1.07. The molecule has 0 spiro atoms. The molecule has 0 aromatic carbocycles. The summed E-state index contributed by atoms with van der Waals surface area (Å²) in [5, 5.41) is 2.58. The lowest BCUT2D eigenvalue weighted by molar-refractivity contribution is 0.0595. The second-order valence-electron chi connectivity index (χ2n) is 4.09. The number of hydrogen-bond acceptors (Lipinski definition) is 6. The van der Waals surface area contributed by atoms with Crippen LogP contribution in [0.25, 0.3) is 0 Å². The molecular weight excluding hydrogens is 238 g/mol. The Morgan fingerprint density at radius 1 is 1.41 bits per heavy atom. The number of ether oxygens (including phenoxy) is 1. The van der Waals surface area contributed by atoms with Gasteiger partial charge in [0.15, 0.2) is 10.8 Å². The first-order valence-electron chi connectivity index (χ1n) is 5.44. The Bertz CT molecular complexity index is 365. The molecule has 17 heavy (non-hydrogen) atoms. The summed E-state index contributed by atoms with van der Waals surface area (Å²) in [7, 11) is 7.45. The summed E-state index contributed by atoms with van der Waals surface area (Å²) < 4.78 is 4.62. The van der Waals surface area contributed by atoms with Crippen LogP contribution in [0.15, 0.2) is 5.38 Å². The Balaban J connectivity index is 2.49. The molecule has 1 heterocycles. The highest BCUT2D eigenvalue weighted by molar-refractivity contribution is 7.13. The summed E-state index contributed by atoms with van der Waals surface area (Å²) in [5.41, 5.74) is 0.381. The largest absolute Gasteiger partial charge is 0.464 e. The van der Waals surface area contributed by atoms with Gasteiger partial charge in [-0.2, -0.15) is 0 Å². The first-order chi connectivity index (χ1) is 8.04. The van der Waals surface area contributed by atoms with Crippen LogP contribution in [0.5, 0.6) is 0 Å². The van der Waals surface area contributed by atoms with Gasteiger partial charge in [-0.25, -0.2) is 9.78 Å². The minimum absolute atomic E-state index is 0.380. The van der Waals surface area contributed by atoms with Crippen molar-refractivity contribution in [3.05, 3.63) is 11.1 Å². The molecule has 0 atom stereocenters. The number of methoxy groups -OCH3 is 1. The highest BCUT2D eigenvalue weighted by atomic mass is 32.1. The van der Waals surface area contributed by atoms with Gasteiger partial charge in [0.25, 0.3) is 0 Å². The van der Waals surface area contributed by atoms with Gasteiger partial charge in [-0.15, -0.1) is 11.3 Å². The number of anilines is 1. The molecule has 0 saturated heterocycles. The quantitative estimate of drug-likeness (QED) is 0.719. The van der Waals surface area contributed by atoms with Gasteiger partial charge in [0.2, 0.25) is 0 Å². The van der Waals surface area contributed by atoms with Gasteiger partial charge >= 0.3 is 5.97 Å². The molecule has 0 N–H and O–H groups in total. The first kappa shape index (κ1) is 13.9. The number of hydrogen-bond donors (Lipinski definition) is 0. The van der Waals surface area contributed by atoms with E-state index in [1.165, 1.54) is 18.4 Å². The van der Waals surface area contributed by atoms with E-state index in [1.54, 1.807) is 5.38 Å².